The van der Waals surface area contributed by atoms with Crippen molar-refractivity contribution in [2.75, 3.05) is 19.8 Å². The van der Waals surface area contributed by atoms with Crippen LogP contribution in [0.3, 0.4) is 0 Å². The monoisotopic (exact) mass is 884 g/mol. The van der Waals surface area contributed by atoms with Gasteiger partial charge >= 0.3 is 0 Å². The van der Waals surface area contributed by atoms with Gasteiger partial charge in [-0.2, -0.15) is 0 Å². The number of hydrogen-bond acceptors (Lipinski definition) is 17. The van der Waals surface area contributed by atoms with Gasteiger partial charge in [-0.05, 0) is 98.7 Å². The van der Waals surface area contributed by atoms with Crippen molar-refractivity contribution in [1.82, 2.24) is 0 Å². The van der Waals surface area contributed by atoms with Crippen molar-refractivity contribution in [3.63, 3.8) is 0 Å². The third-order valence-corrected chi connectivity index (χ3v) is 17.7. The van der Waals surface area contributed by atoms with Crippen LogP contribution in [0, 0.1) is 46.3 Å². The first-order chi connectivity index (χ1) is 29.4. The maximum absolute atomic E-state index is 12.0. The Kier molecular flexibility index (Phi) is 12.9. The van der Waals surface area contributed by atoms with E-state index in [0.29, 0.717) is 48.3 Å². The van der Waals surface area contributed by atoms with E-state index in [1.165, 1.54) is 12.5 Å². The van der Waals surface area contributed by atoms with E-state index in [1.807, 2.05) is 0 Å². The molecule has 0 aromatic heterocycles. The van der Waals surface area contributed by atoms with E-state index >= 15 is 0 Å². The average Bonchev–Trinajstić information content (AvgIpc) is 3.70. The van der Waals surface area contributed by atoms with Crippen molar-refractivity contribution in [3.8, 4) is 0 Å². The highest BCUT2D eigenvalue weighted by Gasteiger charge is 2.69. The topological polar surface area (TPSA) is 256 Å². The minimum atomic E-state index is -1.82. The number of hydrogen-bond donors (Lipinski definition) is 9. The minimum Gasteiger partial charge on any atom is -0.394 e. The van der Waals surface area contributed by atoms with Gasteiger partial charge in [0.15, 0.2) is 24.7 Å². The number of rotatable bonds is 8. The highest BCUT2D eigenvalue weighted by atomic mass is 16.8. The van der Waals surface area contributed by atoms with E-state index in [0.717, 1.165) is 51.6 Å². The van der Waals surface area contributed by atoms with Crippen LogP contribution < -0.4 is 0 Å². The Bertz CT molecular complexity index is 1610. The molecule has 26 atom stereocenters. The molecule has 3 saturated carbocycles. The molecule has 0 aromatic rings. The van der Waals surface area contributed by atoms with Crippen LogP contribution in [0.25, 0.3) is 0 Å². The molecule has 8 fully saturated rings. The van der Waals surface area contributed by atoms with Crippen LogP contribution >= 0.6 is 0 Å². The van der Waals surface area contributed by atoms with Crippen molar-refractivity contribution in [2.45, 2.75) is 203 Å². The number of aliphatic hydroxyl groups is 9. The largest absolute Gasteiger partial charge is 0.394 e. The molecule has 1 spiro atoms. The van der Waals surface area contributed by atoms with Crippen molar-refractivity contribution in [3.05, 3.63) is 11.6 Å². The summed E-state index contributed by atoms with van der Waals surface area (Å²) < 4.78 is 49.9. The van der Waals surface area contributed by atoms with E-state index in [1.54, 1.807) is 0 Å². The lowest BCUT2D eigenvalue weighted by molar-refractivity contribution is -0.389. The number of fused-ring (bicyclic) bond motifs is 7. The lowest BCUT2D eigenvalue weighted by atomic mass is 9.47. The molecule has 9 rings (SSSR count). The molecule has 62 heavy (non-hydrogen) atoms. The smallest absolute Gasteiger partial charge is 0.187 e. The summed E-state index contributed by atoms with van der Waals surface area (Å²) in [6.07, 6.45) is -12.0. The molecule has 17 heteroatoms. The van der Waals surface area contributed by atoms with Crippen LogP contribution in [0.1, 0.15) is 92.4 Å². The Balaban J connectivity index is 0.917. The van der Waals surface area contributed by atoms with E-state index in [2.05, 4.69) is 33.8 Å². The molecule has 0 radical (unpaired) electrons. The molecule has 354 valence electrons. The number of ether oxygens (including phenoxy) is 8. The molecule has 4 aliphatic carbocycles. The van der Waals surface area contributed by atoms with Gasteiger partial charge < -0.3 is 83.9 Å². The molecular formula is C45H72O17. The maximum Gasteiger partial charge on any atom is 0.187 e. The van der Waals surface area contributed by atoms with Crippen molar-refractivity contribution >= 4 is 0 Å². The summed E-state index contributed by atoms with van der Waals surface area (Å²) in [5, 5.41) is 95.7. The summed E-state index contributed by atoms with van der Waals surface area (Å²) in [5.74, 6) is 2.56. The van der Waals surface area contributed by atoms with Gasteiger partial charge in [0.2, 0.25) is 0 Å². The second-order valence-electron chi connectivity index (χ2n) is 21.1. The van der Waals surface area contributed by atoms with Gasteiger partial charge in [-0.1, -0.05) is 39.3 Å². The summed E-state index contributed by atoms with van der Waals surface area (Å²) in [7, 11) is 0. The highest BCUT2D eigenvalue weighted by Crippen LogP contribution is 2.70. The Morgan fingerprint density at radius 2 is 1.35 bits per heavy atom. The maximum atomic E-state index is 12.0. The molecule has 17 nitrogen and oxygen atoms in total. The van der Waals surface area contributed by atoms with Crippen LogP contribution in [0.5, 0.6) is 0 Å². The van der Waals surface area contributed by atoms with Crippen molar-refractivity contribution in [2.24, 2.45) is 46.3 Å². The molecule has 9 N–H and O–H groups in total. The zero-order chi connectivity index (χ0) is 44.2. The van der Waals surface area contributed by atoms with E-state index < -0.39 is 111 Å². The average molecular weight is 885 g/mol. The third-order valence-electron chi connectivity index (χ3n) is 17.7. The first-order valence-electron chi connectivity index (χ1n) is 23.4. The molecule has 5 heterocycles. The van der Waals surface area contributed by atoms with Gasteiger partial charge in [-0.3, -0.25) is 0 Å². The lowest BCUT2D eigenvalue weighted by Crippen LogP contribution is -2.67. The summed E-state index contributed by atoms with van der Waals surface area (Å²) in [6.45, 7) is 10.4. The van der Waals surface area contributed by atoms with Gasteiger partial charge in [0.05, 0.1) is 38.1 Å². The van der Waals surface area contributed by atoms with E-state index in [4.69, 9.17) is 37.9 Å². The highest BCUT2D eigenvalue weighted by molar-refractivity contribution is 5.26. The van der Waals surface area contributed by atoms with Gasteiger partial charge in [0, 0.05) is 12.3 Å². The van der Waals surface area contributed by atoms with Crippen LogP contribution in [0.15, 0.2) is 11.6 Å². The Labute approximate surface area is 363 Å². The second kappa shape index (κ2) is 17.3. The molecular weight excluding hydrogens is 812 g/mol. The van der Waals surface area contributed by atoms with Gasteiger partial charge in [0.1, 0.15) is 67.1 Å². The third kappa shape index (κ3) is 7.49. The molecule has 5 saturated heterocycles. The van der Waals surface area contributed by atoms with Crippen LogP contribution in [-0.2, 0) is 37.9 Å². The fraction of sp³-hybridized carbons (Fsp3) is 0.956. The van der Waals surface area contributed by atoms with Crippen LogP contribution in [0.2, 0.25) is 0 Å². The quantitative estimate of drug-likeness (QED) is 0.148. The van der Waals surface area contributed by atoms with Gasteiger partial charge in [0.25, 0.3) is 0 Å². The standard InChI is InChI=1S/C45H72O17/c1-19-8-13-45(55-18-19)20(2)30-27(62-45)15-26-24-7-6-22-14-23(9-11-43(22,4)25(24)10-12-44(26,30)5)57-42-39(61-40-35(52)33(50)31(48)21(3)56-40)37(54)38(29(17-47)59-42)60-41-36(53)34(51)32(49)28(16-46)58-41/h6,19-21,23-42,46-54H,7-18H2,1-5H3/t19-,20-,21-,23-,24+,25-,26-,27-,28+,29+,30+,31-,32+,33+,34-,35+,36+,37-,38+,39+,40-,41-,42+,43-,44-,45+/m0/s1. The second-order valence-corrected chi connectivity index (χ2v) is 21.1. The molecule has 5 aliphatic heterocycles. The van der Waals surface area contributed by atoms with E-state index in [-0.39, 0.29) is 23.0 Å². The Hall–Kier alpha value is -0.940. The Morgan fingerprint density at radius 3 is 2.05 bits per heavy atom. The summed E-state index contributed by atoms with van der Waals surface area (Å²) in [5.41, 5.74) is 1.48. The van der Waals surface area contributed by atoms with Gasteiger partial charge in [-0.25, -0.2) is 0 Å². The normalized spacial score (nSPS) is 57.6. The van der Waals surface area contributed by atoms with Gasteiger partial charge in [-0.15, -0.1) is 0 Å². The van der Waals surface area contributed by atoms with Crippen molar-refractivity contribution < 1.29 is 83.9 Å². The van der Waals surface area contributed by atoms with E-state index in [9.17, 15) is 46.0 Å². The first kappa shape index (κ1) is 46.2. The SMILES string of the molecule is C[C@H]1CC[C@@]2(OC1)O[C@H]1C[C@H]3[C@@H]4CC=C5C[C@@H](O[C@@H]6O[C@H](CO)[C@@H](O[C@@H]7O[C@H](CO)[C@@H](O)[C@H](O)[C@H]7O)[C@H](O)[C@H]6O[C@@H]6O[C@@H](C)[C@H](O)[C@@H](O)[C@H]6O)CC[C@]5(C)[C@H]4CC[C@]3(C)[C@@H]1[C@@H]2C. The van der Waals surface area contributed by atoms with Crippen molar-refractivity contribution in [1.29, 1.82) is 0 Å². The summed E-state index contributed by atoms with van der Waals surface area (Å²) in [6, 6.07) is 0. The fourth-order valence-electron chi connectivity index (χ4n) is 14.0. The summed E-state index contributed by atoms with van der Waals surface area (Å²) in [4.78, 5) is 0. The zero-order valence-corrected chi connectivity index (χ0v) is 36.6. The molecule has 0 unspecified atom stereocenters. The zero-order valence-electron chi connectivity index (χ0n) is 36.6. The minimum absolute atomic E-state index is 0.0356. The predicted molar refractivity (Wildman–Crippen MR) is 214 cm³/mol. The first-order valence-corrected chi connectivity index (χ1v) is 23.4. The number of aliphatic hydroxyl groups excluding tert-OH is 9. The molecule has 0 aromatic carbocycles. The van der Waals surface area contributed by atoms with Crippen LogP contribution in [-0.4, -0.2) is 176 Å². The fourth-order valence-corrected chi connectivity index (χ4v) is 14.0. The predicted octanol–water partition coefficient (Wildman–Crippen LogP) is 0.214. The molecule has 0 bridgehead atoms. The lowest BCUT2D eigenvalue weighted by Gasteiger charge is -2.58. The number of allylic oxidation sites excluding steroid dienone is 1. The molecule has 9 aliphatic rings. The summed E-state index contributed by atoms with van der Waals surface area (Å²) >= 11 is 0. The Morgan fingerprint density at radius 1 is 0.677 bits per heavy atom. The molecule has 0 amide bonds. The van der Waals surface area contributed by atoms with Crippen LogP contribution in [0.4, 0.5) is 0 Å².